The number of carbonyl (C=O) groups excluding carboxylic acids is 2. The molecule has 6 rings (SSSR count). The molecule has 184 valence electrons. The maximum Gasteiger partial charge on any atom is 0.419 e. The molecule has 1 aliphatic heterocycles. The van der Waals surface area contributed by atoms with Crippen molar-refractivity contribution in [2.45, 2.75) is 89.8 Å². The van der Waals surface area contributed by atoms with E-state index >= 15 is 0 Å². The number of hydrogen-bond acceptors (Lipinski definition) is 7. The zero-order valence-corrected chi connectivity index (χ0v) is 20.6. The van der Waals surface area contributed by atoms with Crippen LogP contribution in [0, 0.1) is 13.8 Å². The number of benzene rings is 1. The van der Waals surface area contributed by atoms with E-state index in [1.54, 1.807) is 4.57 Å². The molecular formula is C27H31N3O5. The molecule has 3 heterocycles. The minimum absolute atomic E-state index is 0.0706. The zero-order chi connectivity index (χ0) is 24.3. The van der Waals surface area contributed by atoms with Gasteiger partial charge in [0.2, 0.25) is 0 Å². The Kier molecular flexibility index (Phi) is 5.32. The lowest BCUT2D eigenvalue weighted by atomic mass is 9.96. The number of ether oxygens (including phenoxy) is 2. The van der Waals surface area contributed by atoms with E-state index < -0.39 is 12.2 Å². The lowest BCUT2D eigenvalue weighted by molar-refractivity contribution is 0.0267. The summed E-state index contributed by atoms with van der Waals surface area (Å²) in [6.45, 7) is 6.14. The Morgan fingerprint density at radius 1 is 1.17 bits per heavy atom. The average Bonchev–Trinajstić information content (AvgIpc) is 3.71. The van der Waals surface area contributed by atoms with Crippen LogP contribution in [0.5, 0.6) is 0 Å². The normalized spacial score (nSPS) is 20.6. The van der Waals surface area contributed by atoms with Gasteiger partial charge in [-0.15, -0.1) is 0 Å². The van der Waals surface area contributed by atoms with Crippen molar-refractivity contribution in [2.75, 3.05) is 6.61 Å². The molecule has 3 aromatic rings. The number of unbranched alkanes of at least 4 members (excludes halogenated alkanes) is 1. The van der Waals surface area contributed by atoms with Gasteiger partial charge >= 0.3 is 6.09 Å². The quantitative estimate of drug-likeness (QED) is 0.310. The first-order valence-corrected chi connectivity index (χ1v) is 12.8. The maximum atomic E-state index is 13.8. The topological polar surface area (TPSA) is 96.5 Å². The molecule has 0 amide bonds. The van der Waals surface area contributed by atoms with Crippen LogP contribution in [0.4, 0.5) is 4.79 Å². The summed E-state index contributed by atoms with van der Waals surface area (Å²) in [5.41, 5.74) is 3.86. The van der Waals surface area contributed by atoms with Crippen LogP contribution in [0.25, 0.3) is 22.2 Å². The number of Topliss-reactive ketones (excluding diaryl/α,β-unsaturated/α-hetero) is 1. The largest absolute Gasteiger partial charge is 0.449 e. The molecule has 8 nitrogen and oxygen atoms in total. The van der Waals surface area contributed by atoms with Crippen LogP contribution >= 0.6 is 0 Å². The molecule has 1 spiro atoms. The molecule has 1 aromatic carbocycles. The number of nitrogens with zero attached hydrogens (tertiary/aromatic N) is 3. The Balaban J connectivity index is 1.52. The van der Waals surface area contributed by atoms with Crippen molar-refractivity contribution < 1.29 is 23.6 Å². The highest BCUT2D eigenvalue weighted by atomic mass is 16.5. The summed E-state index contributed by atoms with van der Waals surface area (Å²) in [5.74, 6) is 1.47. The highest BCUT2D eigenvalue weighted by Crippen LogP contribution is 2.50. The second-order valence-electron chi connectivity index (χ2n) is 10.3. The molecule has 3 aliphatic rings. The van der Waals surface area contributed by atoms with Crippen molar-refractivity contribution in [3.63, 3.8) is 0 Å². The number of hydrogen-bond donors (Lipinski definition) is 0. The summed E-state index contributed by atoms with van der Waals surface area (Å²) < 4.78 is 18.8. The number of ketones is 1. The molecule has 0 N–H and O–H groups in total. The molecule has 1 unspecified atom stereocenters. The van der Waals surface area contributed by atoms with Crippen LogP contribution < -0.4 is 0 Å². The van der Waals surface area contributed by atoms with E-state index in [2.05, 4.69) is 12.1 Å². The van der Waals surface area contributed by atoms with Crippen LogP contribution in [-0.2, 0) is 9.47 Å². The zero-order valence-electron chi connectivity index (χ0n) is 20.6. The minimum atomic E-state index is -0.480. The predicted molar refractivity (Wildman–Crippen MR) is 129 cm³/mol. The first-order valence-electron chi connectivity index (χ1n) is 12.8. The second kappa shape index (κ2) is 8.29. The van der Waals surface area contributed by atoms with E-state index in [1.165, 1.54) is 0 Å². The van der Waals surface area contributed by atoms with Crippen LogP contribution in [0.3, 0.4) is 0 Å². The molecule has 35 heavy (non-hydrogen) atoms. The van der Waals surface area contributed by atoms with E-state index in [0.717, 1.165) is 61.8 Å². The maximum absolute atomic E-state index is 13.8. The van der Waals surface area contributed by atoms with E-state index in [-0.39, 0.29) is 17.3 Å². The van der Waals surface area contributed by atoms with Gasteiger partial charge in [0.25, 0.3) is 0 Å². The van der Waals surface area contributed by atoms with Gasteiger partial charge in [0, 0.05) is 17.0 Å². The van der Waals surface area contributed by atoms with Gasteiger partial charge in [-0.2, -0.15) is 0 Å². The lowest BCUT2D eigenvalue weighted by Gasteiger charge is -2.14. The lowest BCUT2D eigenvalue weighted by Crippen LogP contribution is -2.22. The number of aryl methyl sites for hydroxylation is 2. The van der Waals surface area contributed by atoms with Gasteiger partial charge < -0.3 is 14.0 Å². The summed E-state index contributed by atoms with van der Waals surface area (Å²) in [6, 6.07) is 3.78. The molecule has 8 heteroatoms. The molecule has 1 saturated heterocycles. The standard InChI is InChI=1S/C27H31N3O5/c1-4-5-12-33-26(32)30-20-14-18(22-15(2)29-35-16(22)3)13-19(23(20)28-25(30)17-6-7-17)24(31)21-8-9-27(34-21)10-11-27/h13-14,17,21H,4-12H2,1-3H3. The fourth-order valence-electron chi connectivity index (χ4n) is 5.28. The average molecular weight is 478 g/mol. The fourth-order valence-corrected chi connectivity index (χ4v) is 5.28. The SMILES string of the molecule is CCCCOC(=O)n1c(C2CC2)nc2c(C(=O)C3CCC4(CC4)O3)cc(-c3c(C)noc3C)cc21. The van der Waals surface area contributed by atoms with E-state index in [4.69, 9.17) is 19.0 Å². The van der Waals surface area contributed by atoms with Crippen molar-refractivity contribution in [2.24, 2.45) is 0 Å². The molecule has 2 saturated carbocycles. The number of carbonyl (C=O) groups is 2. The molecule has 2 aromatic heterocycles. The van der Waals surface area contributed by atoms with Gasteiger partial charge in [-0.05, 0) is 76.5 Å². The Labute approximate surface area is 204 Å². The van der Waals surface area contributed by atoms with Crippen molar-refractivity contribution in [1.82, 2.24) is 14.7 Å². The summed E-state index contributed by atoms with van der Waals surface area (Å²) in [4.78, 5) is 32.0. The van der Waals surface area contributed by atoms with Crippen LogP contribution in [0.2, 0.25) is 0 Å². The van der Waals surface area contributed by atoms with E-state index in [0.29, 0.717) is 41.2 Å². The number of aromatic nitrogens is 3. The molecule has 1 atom stereocenters. The van der Waals surface area contributed by atoms with E-state index in [9.17, 15) is 9.59 Å². The molecule has 0 bridgehead atoms. The molecule has 2 aliphatic carbocycles. The number of fused-ring (bicyclic) bond motifs is 1. The summed E-state index contributed by atoms with van der Waals surface area (Å²) in [7, 11) is 0. The van der Waals surface area contributed by atoms with Gasteiger partial charge in [-0.1, -0.05) is 18.5 Å². The molecule has 3 fully saturated rings. The summed E-state index contributed by atoms with van der Waals surface area (Å²) >= 11 is 0. The Morgan fingerprint density at radius 2 is 1.97 bits per heavy atom. The van der Waals surface area contributed by atoms with E-state index in [1.807, 2.05) is 26.0 Å². The first kappa shape index (κ1) is 22.5. The first-order chi connectivity index (χ1) is 16.9. The summed E-state index contributed by atoms with van der Waals surface area (Å²) in [6.07, 6.45) is 6.44. The highest BCUT2D eigenvalue weighted by molar-refractivity contribution is 6.11. The smallest absolute Gasteiger partial charge is 0.419 e. The van der Waals surface area contributed by atoms with Crippen molar-refractivity contribution in [3.8, 4) is 11.1 Å². The fraction of sp³-hybridized carbons (Fsp3) is 0.556. The third-order valence-electron chi connectivity index (χ3n) is 7.58. The summed E-state index contributed by atoms with van der Waals surface area (Å²) in [5, 5.41) is 4.10. The van der Waals surface area contributed by atoms with Gasteiger partial charge in [0.15, 0.2) is 5.78 Å². The van der Waals surface area contributed by atoms with Gasteiger partial charge in [-0.3, -0.25) is 4.79 Å². The Hall–Kier alpha value is -3.00. The van der Waals surface area contributed by atoms with Crippen LogP contribution in [0.15, 0.2) is 16.7 Å². The van der Waals surface area contributed by atoms with Crippen LogP contribution in [-0.4, -0.2) is 44.9 Å². The Bertz CT molecular complexity index is 1310. The van der Waals surface area contributed by atoms with Crippen molar-refractivity contribution >= 4 is 22.9 Å². The Morgan fingerprint density at radius 3 is 2.60 bits per heavy atom. The third-order valence-corrected chi connectivity index (χ3v) is 7.58. The monoisotopic (exact) mass is 477 g/mol. The van der Waals surface area contributed by atoms with Gasteiger partial charge in [-0.25, -0.2) is 14.3 Å². The second-order valence-corrected chi connectivity index (χ2v) is 10.3. The molecular weight excluding hydrogens is 446 g/mol. The third kappa shape index (κ3) is 3.88. The van der Waals surface area contributed by atoms with Crippen molar-refractivity contribution in [3.05, 3.63) is 35.0 Å². The van der Waals surface area contributed by atoms with Gasteiger partial charge in [0.1, 0.15) is 23.2 Å². The highest BCUT2D eigenvalue weighted by Gasteiger charge is 2.51. The van der Waals surface area contributed by atoms with Gasteiger partial charge in [0.05, 0.1) is 23.4 Å². The number of imidazole rings is 1. The minimum Gasteiger partial charge on any atom is -0.449 e. The predicted octanol–water partition coefficient (Wildman–Crippen LogP) is 5.86. The molecule has 0 radical (unpaired) electrons. The number of rotatable bonds is 7. The van der Waals surface area contributed by atoms with Crippen LogP contribution in [0.1, 0.15) is 91.8 Å². The van der Waals surface area contributed by atoms with Crippen molar-refractivity contribution in [1.29, 1.82) is 0 Å².